The molecule has 0 bridgehead atoms. The SMILES string of the molecule is COC(=O)c1ccc(CN(C)C(=O)CSc2ccccc2)cc1. The number of amides is 1. The lowest BCUT2D eigenvalue weighted by Crippen LogP contribution is -2.27. The van der Waals surface area contributed by atoms with Crippen LogP contribution in [0.15, 0.2) is 59.5 Å². The van der Waals surface area contributed by atoms with E-state index in [1.807, 2.05) is 42.5 Å². The highest BCUT2D eigenvalue weighted by Crippen LogP contribution is 2.17. The van der Waals surface area contributed by atoms with Gasteiger partial charge in [0.15, 0.2) is 0 Å². The fraction of sp³-hybridized carbons (Fsp3) is 0.222. The molecule has 0 aliphatic rings. The fourth-order valence-electron chi connectivity index (χ4n) is 2.00. The fourth-order valence-corrected chi connectivity index (χ4v) is 2.86. The Labute approximate surface area is 140 Å². The van der Waals surface area contributed by atoms with Crippen molar-refractivity contribution >= 4 is 23.6 Å². The molecule has 0 aliphatic carbocycles. The van der Waals surface area contributed by atoms with Gasteiger partial charge < -0.3 is 9.64 Å². The van der Waals surface area contributed by atoms with Gasteiger partial charge in [-0.1, -0.05) is 30.3 Å². The summed E-state index contributed by atoms with van der Waals surface area (Å²) in [6.07, 6.45) is 0. The maximum absolute atomic E-state index is 12.2. The van der Waals surface area contributed by atoms with Gasteiger partial charge in [0.05, 0.1) is 18.4 Å². The van der Waals surface area contributed by atoms with Gasteiger partial charge in [-0.25, -0.2) is 4.79 Å². The number of benzene rings is 2. The van der Waals surface area contributed by atoms with E-state index < -0.39 is 0 Å². The quantitative estimate of drug-likeness (QED) is 0.603. The summed E-state index contributed by atoms with van der Waals surface area (Å²) in [6, 6.07) is 16.9. The van der Waals surface area contributed by atoms with Crippen molar-refractivity contribution in [3.05, 3.63) is 65.7 Å². The molecule has 0 fully saturated rings. The van der Waals surface area contributed by atoms with Gasteiger partial charge in [0.25, 0.3) is 0 Å². The molecule has 0 atom stereocenters. The van der Waals surface area contributed by atoms with Gasteiger partial charge in [-0.2, -0.15) is 0 Å². The maximum atomic E-state index is 12.2. The molecule has 4 nitrogen and oxygen atoms in total. The highest BCUT2D eigenvalue weighted by atomic mass is 32.2. The molecule has 2 aromatic carbocycles. The van der Waals surface area contributed by atoms with Crippen molar-refractivity contribution in [2.75, 3.05) is 19.9 Å². The zero-order valence-electron chi connectivity index (χ0n) is 13.2. The van der Waals surface area contributed by atoms with Crippen molar-refractivity contribution in [1.29, 1.82) is 0 Å². The number of ether oxygens (including phenoxy) is 1. The Hall–Kier alpha value is -2.27. The van der Waals surface area contributed by atoms with E-state index in [0.717, 1.165) is 10.5 Å². The molecule has 0 radical (unpaired) electrons. The van der Waals surface area contributed by atoms with Crippen molar-refractivity contribution in [1.82, 2.24) is 4.90 Å². The minimum atomic E-state index is -0.361. The van der Waals surface area contributed by atoms with Gasteiger partial charge in [0.2, 0.25) is 5.91 Å². The second-order valence-corrected chi connectivity index (χ2v) is 6.09. The third-order valence-electron chi connectivity index (χ3n) is 3.33. The molecule has 23 heavy (non-hydrogen) atoms. The van der Waals surface area contributed by atoms with E-state index in [9.17, 15) is 9.59 Å². The Morgan fingerprint density at radius 1 is 1.04 bits per heavy atom. The Morgan fingerprint density at radius 3 is 2.30 bits per heavy atom. The Balaban J connectivity index is 1.86. The smallest absolute Gasteiger partial charge is 0.337 e. The van der Waals surface area contributed by atoms with Gasteiger partial charge in [-0.15, -0.1) is 11.8 Å². The Kier molecular flexibility index (Phi) is 6.23. The number of hydrogen-bond donors (Lipinski definition) is 0. The molecule has 0 aliphatic heterocycles. The predicted octanol–water partition coefficient (Wildman–Crippen LogP) is 3.22. The number of methoxy groups -OCH3 is 1. The van der Waals surface area contributed by atoms with E-state index in [-0.39, 0.29) is 11.9 Å². The molecule has 0 heterocycles. The van der Waals surface area contributed by atoms with E-state index >= 15 is 0 Å². The molecule has 0 spiro atoms. The number of nitrogens with zero attached hydrogens (tertiary/aromatic N) is 1. The van der Waals surface area contributed by atoms with Crippen LogP contribution in [-0.2, 0) is 16.1 Å². The third-order valence-corrected chi connectivity index (χ3v) is 4.32. The van der Waals surface area contributed by atoms with Crippen LogP contribution in [0, 0.1) is 0 Å². The zero-order chi connectivity index (χ0) is 16.7. The van der Waals surface area contributed by atoms with Crippen LogP contribution < -0.4 is 0 Å². The lowest BCUT2D eigenvalue weighted by Gasteiger charge is -2.17. The van der Waals surface area contributed by atoms with Crippen molar-refractivity contribution < 1.29 is 14.3 Å². The normalized spacial score (nSPS) is 10.2. The first kappa shape index (κ1) is 17.1. The number of carbonyl (C=O) groups excluding carboxylic acids is 2. The lowest BCUT2D eigenvalue weighted by molar-refractivity contribution is -0.127. The summed E-state index contributed by atoms with van der Waals surface area (Å²) in [6.45, 7) is 0.510. The monoisotopic (exact) mass is 329 g/mol. The summed E-state index contributed by atoms with van der Waals surface area (Å²) in [4.78, 5) is 26.3. The van der Waals surface area contributed by atoms with E-state index in [4.69, 9.17) is 0 Å². The Bertz CT molecular complexity index is 656. The first-order valence-electron chi connectivity index (χ1n) is 7.19. The molecule has 120 valence electrons. The minimum absolute atomic E-state index is 0.0656. The number of esters is 1. The van der Waals surface area contributed by atoms with E-state index in [1.165, 1.54) is 18.9 Å². The molecule has 5 heteroatoms. The molecule has 1 amide bonds. The Morgan fingerprint density at radius 2 is 1.70 bits per heavy atom. The van der Waals surface area contributed by atoms with Gasteiger partial charge in [-0.3, -0.25) is 4.79 Å². The first-order valence-corrected chi connectivity index (χ1v) is 8.18. The van der Waals surface area contributed by atoms with Crippen LogP contribution in [0.25, 0.3) is 0 Å². The number of rotatable bonds is 6. The molecular weight excluding hydrogens is 310 g/mol. The highest BCUT2D eigenvalue weighted by molar-refractivity contribution is 8.00. The molecule has 0 N–H and O–H groups in total. The molecule has 2 aromatic rings. The minimum Gasteiger partial charge on any atom is -0.465 e. The summed E-state index contributed by atoms with van der Waals surface area (Å²) in [5.74, 6) is 0.108. The molecule has 0 aromatic heterocycles. The molecular formula is C18H19NO3S. The summed E-state index contributed by atoms with van der Waals surface area (Å²) in [7, 11) is 3.13. The topological polar surface area (TPSA) is 46.6 Å². The van der Waals surface area contributed by atoms with Crippen LogP contribution in [0.3, 0.4) is 0 Å². The standard InChI is InChI=1S/C18H19NO3S/c1-19(17(20)13-23-16-6-4-3-5-7-16)12-14-8-10-15(11-9-14)18(21)22-2/h3-11H,12-13H2,1-2H3. The summed E-state index contributed by atoms with van der Waals surface area (Å²) in [5, 5.41) is 0. The summed E-state index contributed by atoms with van der Waals surface area (Å²) >= 11 is 1.52. The molecule has 2 rings (SSSR count). The van der Waals surface area contributed by atoms with Crippen LogP contribution in [0.5, 0.6) is 0 Å². The summed E-state index contributed by atoms with van der Waals surface area (Å²) in [5.41, 5.74) is 1.48. The largest absolute Gasteiger partial charge is 0.465 e. The second kappa shape index (κ2) is 8.39. The van der Waals surface area contributed by atoms with Crippen LogP contribution in [0.1, 0.15) is 15.9 Å². The van der Waals surface area contributed by atoms with Crippen LogP contribution in [-0.4, -0.2) is 36.7 Å². The van der Waals surface area contributed by atoms with Gasteiger partial charge in [-0.05, 0) is 29.8 Å². The second-order valence-electron chi connectivity index (χ2n) is 5.04. The van der Waals surface area contributed by atoms with Gasteiger partial charge in [0.1, 0.15) is 0 Å². The van der Waals surface area contributed by atoms with Crippen LogP contribution >= 0.6 is 11.8 Å². The third kappa shape index (κ3) is 5.14. The first-order chi connectivity index (χ1) is 11.1. The van der Waals surface area contributed by atoms with E-state index in [2.05, 4.69) is 4.74 Å². The number of hydrogen-bond acceptors (Lipinski definition) is 4. The molecule has 0 saturated carbocycles. The average Bonchev–Trinajstić information content (AvgIpc) is 2.60. The van der Waals surface area contributed by atoms with E-state index in [1.54, 1.807) is 24.1 Å². The molecule has 0 saturated heterocycles. The molecule has 0 unspecified atom stereocenters. The zero-order valence-corrected chi connectivity index (χ0v) is 14.0. The number of carbonyl (C=O) groups is 2. The van der Waals surface area contributed by atoms with Gasteiger partial charge >= 0.3 is 5.97 Å². The van der Waals surface area contributed by atoms with Crippen LogP contribution in [0.4, 0.5) is 0 Å². The van der Waals surface area contributed by atoms with Crippen molar-refractivity contribution in [3.63, 3.8) is 0 Å². The van der Waals surface area contributed by atoms with Crippen molar-refractivity contribution in [3.8, 4) is 0 Å². The summed E-state index contributed by atoms with van der Waals surface area (Å²) < 4.78 is 4.66. The van der Waals surface area contributed by atoms with Crippen LogP contribution in [0.2, 0.25) is 0 Å². The van der Waals surface area contributed by atoms with Gasteiger partial charge in [0, 0.05) is 18.5 Å². The van der Waals surface area contributed by atoms with E-state index in [0.29, 0.717) is 17.9 Å². The predicted molar refractivity (Wildman–Crippen MR) is 91.4 cm³/mol. The van der Waals surface area contributed by atoms with Crippen molar-refractivity contribution in [2.24, 2.45) is 0 Å². The maximum Gasteiger partial charge on any atom is 0.337 e. The average molecular weight is 329 g/mol. The number of thioether (sulfide) groups is 1. The lowest BCUT2D eigenvalue weighted by atomic mass is 10.1. The van der Waals surface area contributed by atoms with Crippen molar-refractivity contribution in [2.45, 2.75) is 11.4 Å². The highest BCUT2D eigenvalue weighted by Gasteiger charge is 2.11.